The Hall–Kier alpha value is -6.17. The highest BCUT2D eigenvalue weighted by Gasteiger charge is 2.62. The van der Waals surface area contributed by atoms with Gasteiger partial charge in [-0.15, -0.1) is 0 Å². The van der Waals surface area contributed by atoms with Crippen LogP contribution in [-0.2, 0) is 10.8 Å². The number of benzene rings is 7. The van der Waals surface area contributed by atoms with Crippen LogP contribution in [0.5, 0.6) is 0 Å². The molecule has 0 saturated heterocycles. The molecule has 280 valence electrons. The average molecular weight is 747 g/mol. The van der Waals surface area contributed by atoms with Crippen LogP contribution in [0.25, 0.3) is 44.5 Å². The van der Waals surface area contributed by atoms with Crippen molar-refractivity contribution in [3.8, 4) is 50.6 Å². The maximum absolute atomic E-state index is 11.1. The molecule has 0 heterocycles. The van der Waals surface area contributed by atoms with Crippen molar-refractivity contribution < 1.29 is 0 Å². The van der Waals surface area contributed by atoms with E-state index < -0.39 is 0 Å². The van der Waals surface area contributed by atoms with Gasteiger partial charge in [-0.1, -0.05) is 135 Å². The van der Waals surface area contributed by atoms with Crippen LogP contribution < -0.4 is 4.90 Å². The van der Waals surface area contributed by atoms with Crippen molar-refractivity contribution in [2.45, 2.75) is 56.8 Å². The first kappa shape index (κ1) is 33.9. The van der Waals surface area contributed by atoms with E-state index in [9.17, 15) is 5.26 Å². The van der Waals surface area contributed by atoms with Crippen molar-refractivity contribution in [2.75, 3.05) is 4.90 Å². The fraction of sp³-hybridized carbons (Fsp3) is 0.232. The Morgan fingerprint density at radius 3 is 1.67 bits per heavy atom. The van der Waals surface area contributed by atoms with Gasteiger partial charge in [-0.25, -0.2) is 0 Å². The van der Waals surface area contributed by atoms with Crippen LogP contribution in [-0.4, -0.2) is 0 Å². The van der Waals surface area contributed by atoms with Gasteiger partial charge in [-0.2, -0.15) is 5.26 Å². The van der Waals surface area contributed by atoms with Gasteiger partial charge in [0.05, 0.1) is 11.6 Å². The molecule has 6 aliphatic rings. The minimum atomic E-state index is -0.133. The van der Waals surface area contributed by atoms with E-state index in [1.165, 1.54) is 87.7 Å². The first-order chi connectivity index (χ1) is 28.4. The third-order valence-electron chi connectivity index (χ3n) is 15.3. The average Bonchev–Trinajstić information content (AvgIpc) is 3.69. The number of nitriles is 1. The summed E-state index contributed by atoms with van der Waals surface area (Å²) in [5.74, 6) is 3.05. The molecule has 0 unspecified atom stereocenters. The zero-order chi connectivity index (χ0) is 38.8. The van der Waals surface area contributed by atoms with E-state index in [4.69, 9.17) is 0 Å². The molecule has 0 N–H and O–H groups in total. The Labute approximate surface area is 342 Å². The lowest BCUT2D eigenvalue weighted by Crippen LogP contribution is -2.55. The molecule has 0 atom stereocenters. The van der Waals surface area contributed by atoms with Crippen LogP contribution in [0.3, 0.4) is 0 Å². The molecular weight excluding hydrogens is 701 g/mol. The Kier molecular flexibility index (Phi) is 7.26. The van der Waals surface area contributed by atoms with Crippen LogP contribution in [0, 0.1) is 35.0 Å². The molecule has 13 rings (SSSR count). The lowest BCUT2D eigenvalue weighted by atomic mass is 9.42. The van der Waals surface area contributed by atoms with Gasteiger partial charge in [0.15, 0.2) is 0 Å². The van der Waals surface area contributed by atoms with E-state index in [1.807, 2.05) is 0 Å². The van der Waals surface area contributed by atoms with Crippen molar-refractivity contribution in [2.24, 2.45) is 23.7 Å². The standard InChI is InChI=1S/C56H46N2/c1-55(2)51-17-8-6-13-46(51)48-26-24-44(33-53(48)55)58(42-21-19-38(20-22-42)37-11-4-3-5-12-37)43-23-25-45(39(32-43)34-57)49-15-10-16-50-47-14-7-9-18-52(47)56(54(49)50)40-28-35-27-36(30-40)31-41(56)29-35/h3-26,32-33,35-36,40-41H,27-31H2,1-2H3. The third kappa shape index (κ3) is 4.65. The number of fused-ring (bicyclic) bond motifs is 6. The lowest BCUT2D eigenvalue weighted by Gasteiger charge is -2.61. The first-order valence-corrected chi connectivity index (χ1v) is 21.4. The second-order valence-corrected chi connectivity index (χ2v) is 18.4. The van der Waals surface area contributed by atoms with Crippen LogP contribution in [0.15, 0.2) is 158 Å². The Bertz CT molecular complexity index is 2810. The van der Waals surface area contributed by atoms with Crippen LogP contribution >= 0.6 is 0 Å². The SMILES string of the molecule is CC1(C)c2ccccc2-c2ccc(N(c3ccc(-c4ccccc4)cc3)c3ccc(-c4cccc5c4C4(c6ccccc6-5)C5CC6CC(C5)CC4C6)c(C#N)c3)cc21. The Morgan fingerprint density at radius 2 is 0.983 bits per heavy atom. The van der Waals surface area contributed by atoms with Crippen molar-refractivity contribution >= 4 is 17.1 Å². The summed E-state index contributed by atoms with van der Waals surface area (Å²) in [5.41, 5.74) is 19.6. The van der Waals surface area contributed by atoms with Crippen molar-refractivity contribution in [1.82, 2.24) is 0 Å². The zero-order valence-corrected chi connectivity index (χ0v) is 33.3. The molecule has 4 bridgehead atoms. The number of hydrogen-bond donors (Lipinski definition) is 0. The molecule has 2 heteroatoms. The Balaban J connectivity index is 1.02. The van der Waals surface area contributed by atoms with Crippen molar-refractivity contribution in [1.29, 1.82) is 5.26 Å². The maximum Gasteiger partial charge on any atom is 0.0998 e. The molecule has 6 aliphatic carbocycles. The van der Waals surface area contributed by atoms with Gasteiger partial charge >= 0.3 is 0 Å². The van der Waals surface area contributed by atoms with Gasteiger partial charge in [-0.3, -0.25) is 0 Å². The molecule has 7 aromatic rings. The molecule has 1 spiro atoms. The van der Waals surface area contributed by atoms with Gasteiger partial charge < -0.3 is 4.90 Å². The summed E-state index contributed by atoms with van der Waals surface area (Å²) >= 11 is 0. The van der Waals surface area contributed by atoms with Crippen molar-refractivity contribution in [3.63, 3.8) is 0 Å². The van der Waals surface area contributed by atoms with E-state index in [2.05, 4.69) is 183 Å². The van der Waals surface area contributed by atoms with Crippen molar-refractivity contribution in [3.05, 3.63) is 186 Å². The topological polar surface area (TPSA) is 27.0 Å². The normalized spacial score (nSPS) is 23.5. The van der Waals surface area contributed by atoms with E-state index >= 15 is 0 Å². The molecule has 2 nitrogen and oxygen atoms in total. The predicted octanol–water partition coefficient (Wildman–Crippen LogP) is 14.4. The van der Waals surface area contributed by atoms with Gasteiger partial charge in [0.25, 0.3) is 0 Å². The number of hydrogen-bond acceptors (Lipinski definition) is 2. The number of nitrogens with zero attached hydrogens (tertiary/aromatic N) is 2. The van der Waals surface area contributed by atoms with Gasteiger partial charge in [0.1, 0.15) is 0 Å². The van der Waals surface area contributed by atoms with E-state index in [1.54, 1.807) is 5.56 Å². The van der Waals surface area contributed by atoms with Crippen LogP contribution in [0.4, 0.5) is 17.1 Å². The minimum absolute atomic E-state index is 0.0165. The smallest absolute Gasteiger partial charge is 0.0998 e. The molecule has 7 aromatic carbocycles. The highest BCUT2D eigenvalue weighted by Crippen LogP contribution is 2.70. The summed E-state index contributed by atoms with van der Waals surface area (Å²) in [5, 5.41) is 11.1. The second kappa shape index (κ2) is 12.4. The van der Waals surface area contributed by atoms with Gasteiger partial charge in [0.2, 0.25) is 0 Å². The first-order valence-electron chi connectivity index (χ1n) is 21.4. The third-order valence-corrected chi connectivity index (χ3v) is 15.3. The van der Waals surface area contributed by atoms with E-state index in [0.717, 1.165) is 40.0 Å². The fourth-order valence-electron chi connectivity index (χ4n) is 13.1. The summed E-state index contributed by atoms with van der Waals surface area (Å²) in [4.78, 5) is 2.35. The molecule has 58 heavy (non-hydrogen) atoms. The van der Waals surface area contributed by atoms with Crippen LogP contribution in [0.1, 0.15) is 73.8 Å². The summed E-state index contributed by atoms with van der Waals surface area (Å²) in [6.45, 7) is 4.69. The van der Waals surface area contributed by atoms with E-state index in [-0.39, 0.29) is 10.8 Å². The largest absolute Gasteiger partial charge is 0.310 e. The van der Waals surface area contributed by atoms with Gasteiger partial charge in [-0.05, 0) is 159 Å². The molecule has 0 radical (unpaired) electrons. The Morgan fingerprint density at radius 1 is 0.466 bits per heavy atom. The monoisotopic (exact) mass is 746 g/mol. The quantitative estimate of drug-likeness (QED) is 0.175. The summed E-state index contributed by atoms with van der Waals surface area (Å²) in [7, 11) is 0. The second-order valence-electron chi connectivity index (χ2n) is 18.4. The molecular formula is C56H46N2. The highest BCUT2D eigenvalue weighted by molar-refractivity contribution is 5.92. The zero-order valence-electron chi connectivity index (χ0n) is 33.3. The molecule has 4 fully saturated rings. The predicted molar refractivity (Wildman–Crippen MR) is 238 cm³/mol. The van der Waals surface area contributed by atoms with Crippen LogP contribution in [0.2, 0.25) is 0 Å². The summed E-state index contributed by atoms with van der Waals surface area (Å²) in [6.07, 6.45) is 6.76. The number of rotatable bonds is 5. The minimum Gasteiger partial charge on any atom is -0.310 e. The summed E-state index contributed by atoms with van der Waals surface area (Å²) in [6, 6.07) is 60.9. The maximum atomic E-state index is 11.1. The molecule has 0 aliphatic heterocycles. The summed E-state index contributed by atoms with van der Waals surface area (Å²) < 4.78 is 0. The molecule has 0 aromatic heterocycles. The molecule has 4 saturated carbocycles. The van der Waals surface area contributed by atoms with Gasteiger partial charge in [0, 0.05) is 27.9 Å². The van der Waals surface area contributed by atoms with E-state index in [0.29, 0.717) is 11.8 Å². The highest BCUT2D eigenvalue weighted by atomic mass is 15.1. The molecule has 0 amide bonds. The number of anilines is 3. The lowest BCUT2D eigenvalue weighted by molar-refractivity contribution is -0.0397. The fourth-order valence-corrected chi connectivity index (χ4v) is 13.1.